The first-order valence-electron chi connectivity index (χ1n) is 10.9. The van der Waals surface area contributed by atoms with Gasteiger partial charge in [0.15, 0.2) is 0 Å². The topological polar surface area (TPSA) is 108 Å². The molecular weight excluding hydrogens is 447 g/mol. The minimum Gasteiger partial charge on any atom is -0.350 e. The van der Waals surface area contributed by atoms with E-state index >= 15 is 0 Å². The minimum atomic E-state index is -3.84. The minimum absolute atomic E-state index is 0.00760. The first kappa shape index (κ1) is 24.8. The number of hydrogen-bond acceptors (Lipinski definition) is 5. The van der Waals surface area contributed by atoms with E-state index in [2.05, 4.69) is 15.6 Å². The number of piperidine rings is 1. The zero-order valence-electron chi connectivity index (χ0n) is 18.7. The van der Waals surface area contributed by atoms with Gasteiger partial charge in [0, 0.05) is 32.0 Å². The molecule has 33 heavy (non-hydrogen) atoms. The van der Waals surface area contributed by atoms with Crippen LogP contribution in [0.3, 0.4) is 0 Å². The third kappa shape index (κ3) is 6.35. The molecule has 178 valence electrons. The molecule has 8 nitrogen and oxygen atoms in total. The van der Waals surface area contributed by atoms with Crippen LogP contribution in [0.25, 0.3) is 0 Å². The summed E-state index contributed by atoms with van der Waals surface area (Å²) < 4.78 is 40.3. The molecule has 1 saturated heterocycles. The Bertz CT molecular complexity index is 1060. The largest absolute Gasteiger partial charge is 0.350 e. The zero-order valence-corrected chi connectivity index (χ0v) is 19.5. The van der Waals surface area contributed by atoms with Gasteiger partial charge in [-0.2, -0.15) is 4.31 Å². The molecule has 2 heterocycles. The van der Waals surface area contributed by atoms with Crippen LogP contribution in [-0.2, 0) is 26.2 Å². The fourth-order valence-electron chi connectivity index (χ4n) is 3.74. The van der Waals surface area contributed by atoms with Crippen LogP contribution >= 0.6 is 0 Å². The van der Waals surface area contributed by atoms with E-state index in [1.807, 2.05) is 19.9 Å². The first-order valence-corrected chi connectivity index (χ1v) is 12.3. The Kier molecular flexibility index (Phi) is 8.15. The summed E-state index contributed by atoms with van der Waals surface area (Å²) in [6.07, 6.45) is 4.33. The normalized spacial score (nSPS) is 18.0. The van der Waals surface area contributed by atoms with Crippen molar-refractivity contribution in [2.24, 2.45) is 11.8 Å². The predicted octanol–water partition coefficient (Wildman–Crippen LogP) is 2.08. The van der Waals surface area contributed by atoms with Crippen molar-refractivity contribution in [1.29, 1.82) is 0 Å². The summed E-state index contributed by atoms with van der Waals surface area (Å²) in [6.45, 7) is 4.25. The van der Waals surface area contributed by atoms with Gasteiger partial charge in [-0.3, -0.25) is 14.6 Å². The van der Waals surface area contributed by atoms with Crippen LogP contribution in [0.1, 0.15) is 32.3 Å². The average Bonchev–Trinajstić information content (AvgIpc) is 2.81. The van der Waals surface area contributed by atoms with Gasteiger partial charge in [-0.05, 0) is 54.7 Å². The fourth-order valence-corrected chi connectivity index (χ4v) is 5.26. The van der Waals surface area contributed by atoms with Crippen LogP contribution in [-0.4, -0.2) is 48.7 Å². The number of amides is 2. The number of halogens is 1. The van der Waals surface area contributed by atoms with Gasteiger partial charge in [-0.25, -0.2) is 12.8 Å². The SMILES string of the molecule is CC(C)C(NC(=O)C1CCCN(S(=O)(=O)c2ccc(F)cc2)C1)C(=O)NCc1cccnc1. The maximum Gasteiger partial charge on any atom is 0.243 e. The second-order valence-electron chi connectivity index (χ2n) is 8.47. The van der Waals surface area contributed by atoms with Gasteiger partial charge < -0.3 is 10.6 Å². The number of carbonyl (C=O) groups excluding carboxylic acids is 2. The van der Waals surface area contributed by atoms with Crippen LogP contribution in [0.4, 0.5) is 4.39 Å². The van der Waals surface area contributed by atoms with Crippen molar-refractivity contribution < 1.29 is 22.4 Å². The number of aromatic nitrogens is 1. The van der Waals surface area contributed by atoms with E-state index in [1.54, 1.807) is 18.5 Å². The van der Waals surface area contributed by atoms with Gasteiger partial charge in [-0.1, -0.05) is 19.9 Å². The summed E-state index contributed by atoms with van der Waals surface area (Å²) in [5.74, 6) is -1.93. The average molecular weight is 477 g/mol. The third-order valence-corrected chi connectivity index (χ3v) is 7.52. The van der Waals surface area contributed by atoms with Gasteiger partial charge in [0.1, 0.15) is 11.9 Å². The maximum absolute atomic E-state index is 13.2. The molecule has 2 aromatic rings. The smallest absolute Gasteiger partial charge is 0.243 e. The quantitative estimate of drug-likeness (QED) is 0.607. The Balaban J connectivity index is 1.63. The summed E-state index contributed by atoms with van der Waals surface area (Å²) in [5.41, 5.74) is 0.841. The number of carbonyl (C=O) groups is 2. The van der Waals surface area contributed by atoms with Gasteiger partial charge in [-0.15, -0.1) is 0 Å². The number of hydrogen-bond donors (Lipinski definition) is 2. The van der Waals surface area contributed by atoms with E-state index in [0.717, 1.165) is 17.7 Å². The van der Waals surface area contributed by atoms with Crippen LogP contribution in [0, 0.1) is 17.7 Å². The highest BCUT2D eigenvalue weighted by molar-refractivity contribution is 7.89. The lowest BCUT2D eigenvalue weighted by atomic mass is 9.96. The lowest BCUT2D eigenvalue weighted by Gasteiger charge is -2.32. The number of rotatable bonds is 8. The van der Waals surface area contributed by atoms with E-state index in [4.69, 9.17) is 0 Å². The standard InChI is InChI=1S/C23H29FN4O4S/c1-16(2)21(23(30)26-14-17-5-3-11-25-13-17)27-22(29)18-6-4-12-28(15-18)33(31,32)20-9-7-19(24)8-10-20/h3,5,7-11,13,16,18,21H,4,6,12,14-15H2,1-2H3,(H,26,30)(H,27,29). The van der Waals surface area contributed by atoms with E-state index in [1.165, 1.54) is 16.4 Å². The number of nitrogens with zero attached hydrogens (tertiary/aromatic N) is 2. The number of pyridine rings is 1. The van der Waals surface area contributed by atoms with E-state index < -0.39 is 27.8 Å². The van der Waals surface area contributed by atoms with Crippen LogP contribution in [0.2, 0.25) is 0 Å². The Morgan fingerprint density at radius 2 is 1.94 bits per heavy atom. The third-order valence-electron chi connectivity index (χ3n) is 5.64. The molecule has 3 rings (SSSR count). The summed E-state index contributed by atoms with van der Waals surface area (Å²) in [4.78, 5) is 29.7. The molecule has 0 bridgehead atoms. The predicted molar refractivity (Wildman–Crippen MR) is 121 cm³/mol. The van der Waals surface area contributed by atoms with Crippen molar-refractivity contribution in [2.75, 3.05) is 13.1 Å². The molecule has 0 saturated carbocycles. The van der Waals surface area contributed by atoms with Crippen molar-refractivity contribution in [3.05, 3.63) is 60.2 Å². The Morgan fingerprint density at radius 3 is 2.58 bits per heavy atom. The van der Waals surface area contributed by atoms with Gasteiger partial charge in [0.2, 0.25) is 21.8 Å². The molecule has 0 radical (unpaired) electrons. The van der Waals surface area contributed by atoms with Crippen molar-refractivity contribution in [3.63, 3.8) is 0 Å². The molecule has 2 unspecified atom stereocenters. The Hall–Kier alpha value is -2.85. The highest BCUT2D eigenvalue weighted by Crippen LogP contribution is 2.24. The molecule has 2 amide bonds. The Labute approximate surface area is 193 Å². The lowest BCUT2D eigenvalue weighted by Crippen LogP contribution is -2.53. The maximum atomic E-state index is 13.2. The fraction of sp³-hybridized carbons (Fsp3) is 0.435. The van der Waals surface area contributed by atoms with Gasteiger partial charge in [0.25, 0.3) is 0 Å². The summed E-state index contributed by atoms with van der Waals surface area (Å²) in [5, 5.41) is 5.62. The number of sulfonamides is 1. The summed E-state index contributed by atoms with van der Waals surface area (Å²) in [6, 6.07) is 7.49. The summed E-state index contributed by atoms with van der Waals surface area (Å²) in [7, 11) is -3.84. The number of nitrogens with one attached hydrogen (secondary N) is 2. The van der Waals surface area contributed by atoms with E-state index in [0.29, 0.717) is 19.4 Å². The van der Waals surface area contributed by atoms with Crippen LogP contribution < -0.4 is 10.6 Å². The second-order valence-corrected chi connectivity index (χ2v) is 10.4. The van der Waals surface area contributed by atoms with Crippen LogP contribution in [0.15, 0.2) is 53.7 Å². The number of benzene rings is 1. The molecule has 1 aliphatic heterocycles. The molecule has 0 spiro atoms. The first-order chi connectivity index (χ1) is 15.7. The van der Waals surface area contributed by atoms with Gasteiger partial charge >= 0.3 is 0 Å². The van der Waals surface area contributed by atoms with Crippen molar-refractivity contribution in [3.8, 4) is 0 Å². The van der Waals surface area contributed by atoms with E-state index in [-0.39, 0.29) is 35.7 Å². The molecule has 10 heteroatoms. The van der Waals surface area contributed by atoms with Crippen LogP contribution in [0.5, 0.6) is 0 Å². The van der Waals surface area contributed by atoms with Crippen molar-refractivity contribution in [1.82, 2.24) is 19.9 Å². The Morgan fingerprint density at radius 1 is 1.21 bits per heavy atom. The van der Waals surface area contributed by atoms with Gasteiger partial charge in [0.05, 0.1) is 10.8 Å². The lowest BCUT2D eigenvalue weighted by molar-refractivity contribution is -0.132. The molecule has 1 aromatic carbocycles. The highest BCUT2D eigenvalue weighted by atomic mass is 32.2. The van der Waals surface area contributed by atoms with Crippen molar-refractivity contribution in [2.45, 2.75) is 44.2 Å². The molecule has 1 aromatic heterocycles. The molecule has 2 atom stereocenters. The molecule has 0 aliphatic carbocycles. The zero-order chi connectivity index (χ0) is 24.0. The molecule has 1 aliphatic rings. The van der Waals surface area contributed by atoms with Crippen molar-refractivity contribution >= 4 is 21.8 Å². The highest BCUT2D eigenvalue weighted by Gasteiger charge is 2.35. The molecule has 1 fully saturated rings. The van der Waals surface area contributed by atoms with E-state index in [9.17, 15) is 22.4 Å². The second kappa shape index (κ2) is 10.8. The monoisotopic (exact) mass is 476 g/mol. The molecular formula is C23H29FN4O4S. The molecule has 2 N–H and O–H groups in total. The summed E-state index contributed by atoms with van der Waals surface area (Å²) >= 11 is 0.